The number of carboxylic acids is 1. The Labute approximate surface area is 90.3 Å². The van der Waals surface area contributed by atoms with Crippen LogP contribution in [0.25, 0.3) is 0 Å². The van der Waals surface area contributed by atoms with Gasteiger partial charge in [0.05, 0.1) is 0 Å². The number of rotatable bonds is 4. The van der Waals surface area contributed by atoms with Gasteiger partial charge in [0.25, 0.3) is 0 Å². The van der Waals surface area contributed by atoms with E-state index in [2.05, 4.69) is 23.1 Å². The van der Waals surface area contributed by atoms with Crippen molar-refractivity contribution in [3.63, 3.8) is 0 Å². The Morgan fingerprint density at radius 3 is 2.67 bits per heavy atom. The standard InChI is InChI=1S/C8H14N2.C3H4O2/c1-3-4-5-8-9-6-7-10(8)2;1-2-3(4)5/h6-7H,3-5H2,1-2H3;2H,1H2,(H,4,5). The lowest BCUT2D eigenvalue weighted by molar-refractivity contribution is -0.131. The monoisotopic (exact) mass is 210 g/mol. The van der Waals surface area contributed by atoms with E-state index < -0.39 is 5.97 Å². The van der Waals surface area contributed by atoms with Crippen LogP contribution in [0.3, 0.4) is 0 Å². The van der Waals surface area contributed by atoms with Gasteiger partial charge in [-0.15, -0.1) is 0 Å². The van der Waals surface area contributed by atoms with Crippen LogP contribution in [0.2, 0.25) is 0 Å². The highest BCUT2D eigenvalue weighted by Gasteiger charge is 1.95. The van der Waals surface area contributed by atoms with Gasteiger partial charge < -0.3 is 9.67 Å². The molecular weight excluding hydrogens is 192 g/mol. The normalized spacial score (nSPS) is 8.93. The summed E-state index contributed by atoms with van der Waals surface area (Å²) in [6.45, 7) is 5.16. The van der Waals surface area contributed by atoms with Gasteiger partial charge in [-0.05, 0) is 6.42 Å². The summed E-state index contributed by atoms with van der Waals surface area (Å²) in [5.74, 6) is 0.215. The van der Waals surface area contributed by atoms with E-state index in [1.165, 1.54) is 18.7 Å². The number of unbranched alkanes of at least 4 members (excludes halogenated alkanes) is 1. The van der Waals surface area contributed by atoms with Crippen LogP contribution in [-0.2, 0) is 18.3 Å². The largest absolute Gasteiger partial charge is 0.478 e. The molecule has 0 saturated heterocycles. The molecule has 1 N–H and O–H groups in total. The maximum Gasteiger partial charge on any atom is 0.327 e. The Hall–Kier alpha value is -1.58. The van der Waals surface area contributed by atoms with Gasteiger partial charge in [0.15, 0.2) is 0 Å². The Balaban J connectivity index is 0.000000336. The minimum atomic E-state index is -0.981. The van der Waals surface area contributed by atoms with Gasteiger partial charge >= 0.3 is 5.97 Å². The molecule has 0 aliphatic rings. The molecule has 84 valence electrons. The Kier molecular flexibility index (Phi) is 6.97. The van der Waals surface area contributed by atoms with E-state index in [9.17, 15) is 4.79 Å². The van der Waals surface area contributed by atoms with E-state index >= 15 is 0 Å². The van der Waals surface area contributed by atoms with E-state index in [1.807, 2.05) is 19.4 Å². The third kappa shape index (κ3) is 6.49. The van der Waals surface area contributed by atoms with Crippen LogP contribution in [0.5, 0.6) is 0 Å². The van der Waals surface area contributed by atoms with Crippen molar-refractivity contribution in [1.29, 1.82) is 0 Å². The van der Waals surface area contributed by atoms with E-state index in [0.29, 0.717) is 0 Å². The van der Waals surface area contributed by atoms with Crippen molar-refractivity contribution in [3.05, 3.63) is 30.9 Å². The molecule has 0 aliphatic heterocycles. The molecule has 0 saturated carbocycles. The zero-order valence-corrected chi connectivity index (χ0v) is 9.31. The molecule has 15 heavy (non-hydrogen) atoms. The summed E-state index contributed by atoms with van der Waals surface area (Å²) in [4.78, 5) is 13.5. The van der Waals surface area contributed by atoms with Gasteiger partial charge in [0.1, 0.15) is 5.82 Å². The van der Waals surface area contributed by atoms with E-state index in [4.69, 9.17) is 5.11 Å². The average molecular weight is 210 g/mol. The van der Waals surface area contributed by atoms with Gasteiger partial charge in [-0.3, -0.25) is 0 Å². The lowest BCUT2D eigenvalue weighted by atomic mass is 10.2. The molecule has 0 amide bonds. The summed E-state index contributed by atoms with van der Waals surface area (Å²) in [6, 6.07) is 0. The lowest BCUT2D eigenvalue weighted by Gasteiger charge is -1.97. The molecule has 1 rings (SSSR count). The van der Waals surface area contributed by atoms with Crippen LogP contribution in [0, 0.1) is 0 Å². The van der Waals surface area contributed by atoms with Gasteiger partial charge in [0.2, 0.25) is 0 Å². The van der Waals surface area contributed by atoms with Crippen molar-refractivity contribution in [3.8, 4) is 0 Å². The van der Waals surface area contributed by atoms with E-state index in [0.717, 1.165) is 12.5 Å². The highest BCUT2D eigenvalue weighted by Crippen LogP contribution is 2.00. The first kappa shape index (κ1) is 13.4. The number of aromatic nitrogens is 2. The fourth-order valence-electron chi connectivity index (χ4n) is 0.972. The van der Waals surface area contributed by atoms with Crippen LogP contribution in [0.15, 0.2) is 25.0 Å². The average Bonchev–Trinajstić information content (AvgIpc) is 2.62. The smallest absolute Gasteiger partial charge is 0.327 e. The Morgan fingerprint density at radius 1 is 1.73 bits per heavy atom. The first-order chi connectivity index (χ1) is 7.11. The number of aliphatic carboxylic acids is 1. The Bertz CT molecular complexity index is 305. The summed E-state index contributed by atoms with van der Waals surface area (Å²) >= 11 is 0. The summed E-state index contributed by atoms with van der Waals surface area (Å²) < 4.78 is 2.08. The second-order valence-electron chi connectivity index (χ2n) is 3.10. The molecule has 0 radical (unpaired) electrons. The summed E-state index contributed by atoms with van der Waals surface area (Å²) in [6.07, 6.45) is 8.27. The lowest BCUT2D eigenvalue weighted by Crippen LogP contribution is -1.96. The van der Waals surface area contributed by atoms with Crippen LogP contribution in [-0.4, -0.2) is 20.6 Å². The second-order valence-corrected chi connectivity index (χ2v) is 3.10. The predicted molar refractivity (Wildman–Crippen MR) is 59.7 cm³/mol. The zero-order chi connectivity index (χ0) is 11.7. The first-order valence-corrected chi connectivity index (χ1v) is 4.93. The molecule has 1 aromatic heterocycles. The number of carbonyl (C=O) groups is 1. The number of nitrogens with zero attached hydrogens (tertiary/aromatic N) is 2. The van der Waals surface area contributed by atoms with Crippen LogP contribution < -0.4 is 0 Å². The zero-order valence-electron chi connectivity index (χ0n) is 9.31. The van der Waals surface area contributed by atoms with Crippen LogP contribution >= 0.6 is 0 Å². The SMILES string of the molecule is C=CC(=O)O.CCCCc1nccn1C. The molecule has 0 bridgehead atoms. The molecule has 4 nitrogen and oxygen atoms in total. The van der Waals surface area contributed by atoms with Crippen molar-refractivity contribution in [2.45, 2.75) is 26.2 Å². The fourth-order valence-corrected chi connectivity index (χ4v) is 0.972. The number of hydrogen-bond acceptors (Lipinski definition) is 2. The minimum absolute atomic E-state index is 0.833. The van der Waals surface area contributed by atoms with Gasteiger partial charge in [0, 0.05) is 31.9 Å². The molecule has 1 aromatic rings. The van der Waals surface area contributed by atoms with Gasteiger partial charge in [-0.25, -0.2) is 9.78 Å². The van der Waals surface area contributed by atoms with Crippen LogP contribution in [0.4, 0.5) is 0 Å². The Morgan fingerprint density at radius 2 is 2.33 bits per heavy atom. The summed E-state index contributed by atoms with van der Waals surface area (Å²) in [5, 5.41) is 7.60. The topological polar surface area (TPSA) is 55.1 Å². The summed E-state index contributed by atoms with van der Waals surface area (Å²) in [7, 11) is 2.04. The first-order valence-electron chi connectivity index (χ1n) is 4.93. The second kappa shape index (κ2) is 7.79. The van der Waals surface area contributed by atoms with Crippen molar-refractivity contribution >= 4 is 5.97 Å². The van der Waals surface area contributed by atoms with Crippen molar-refractivity contribution < 1.29 is 9.90 Å². The van der Waals surface area contributed by atoms with E-state index in [-0.39, 0.29) is 0 Å². The maximum atomic E-state index is 9.25. The number of carboxylic acid groups (broad SMARTS) is 1. The molecule has 0 aromatic carbocycles. The molecule has 0 aliphatic carbocycles. The molecule has 0 spiro atoms. The molecule has 1 heterocycles. The third-order valence-electron chi connectivity index (χ3n) is 1.85. The van der Waals surface area contributed by atoms with Crippen molar-refractivity contribution in [2.24, 2.45) is 7.05 Å². The number of hydrogen-bond donors (Lipinski definition) is 1. The van der Waals surface area contributed by atoms with Crippen molar-refractivity contribution in [2.75, 3.05) is 0 Å². The van der Waals surface area contributed by atoms with E-state index in [1.54, 1.807) is 0 Å². The number of imidazole rings is 1. The molecular formula is C11H18N2O2. The molecule has 0 atom stereocenters. The quantitative estimate of drug-likeness (QED) is 0.773. The summed E-state index contributed by atoms with van der Waals surface area (Å²) in [5.41, 5.74) is 0. The van der Waals surface area contributed by atoms with Gasteiger partial charge in [-0.2, -0.15) is 0 Å². The third-order valence-corrected chi connectivity index (χ3v) is 1.85. The molecule has 0 unspecified atom stereocenters. The van der Waals surface area contributed by atoms with Gasteiger partial charge in [-0.1, -0.05) is 19.9 Å². The molecule has 4 heteroatoms. The maximum absolute atomic E-state index is 9.25. The number of aryl methyl sites for hydroxylation is 2. The molecule has 0 fully saturated rings. The highest BCUT2D eigenvalue weighted by molar-refractivity contribution is 5.78. The highest BCUT2D eigenvalue weighted by atomic mass is 16.4. The minimum Gasteiger partial charge on any atom is -0.478 e. The van der Waals surface area contributed by atoms with Crippen molar-refractivity contribution in [1.82, 2.24) is 9.55 Å². The van der Waals surface area contributed by atoms with Crippen LogP contribution in [0.1, 0.15) is 25.6 Å². The predicted octanol–water partition coefficient (Wildman–Crippen LogP) is 2.02. The fraction of sp³-hybridized carbons (Fsp3) is 0.455.